The number of hydrogen-bond acceptors (Lipinski definition) is 3. The minimum atomic E-state index is 0.192. The van der Waals surface area contributed by atoms with E-state index < -0.39 is 0 Å². The average Bonchev–Trinajstić information content (AvgIpc) is 2.95. The molecule has 1 saturated heterocycles. The molecule has 3 heteroatoms. The SMILES string of the molecule is Cc1sc(CNC(C)(C)C)cc1CN1CCC(C(C)C)C1. The average molecular weight is 309 g/mol. The molecule has 1 aromatic heterocycles. The summed E-state index contributed by atoms with van der Waals surface area (Å²) < 4.78 is 0. The van der Waals surface area contributed by atoms with Crippen LogP contribution in [0.25, 0.3) is 0 Å². The van der Waals surface area contributed by atoms with Gasteiger partial charge in [-0.1, -0.05) is 13.8 Å². The minimum absolute atomic E-state index is 0.192. The molecule has 0 bridgehead atoms. The summed E-state index contributed by atoms with van der Waals surface area (Å²) in [4.78, 5) is 5.60. The van der Waals surface area contributed by atoms with Crippen molar-refractivity contribution in [3.8, 4) is 0 Å². The zero-order valence-electron chi connectivity index (χ0n) is 14.6. The van der Waals surface area contributed by atoms with Crippen LogP contribution >= 0.6 is 11.3 Å². The van der Waals surface area contributed by atoms with Gasteiger partial charge in [0.25, 0.3) is 0 Å². The maximum absolute atomic E-state index is 3.59. The summed E-state index contributed by atoms with van der Waals surface area (Å²) in [5, 5.41) is 3.59. The van der Waals surface area contributed by atoms with E-state index in [1.165, 1.54) is 34.8 Å². The lowest BCUT2D eigenvalue weighted by Gasteiger charge is -2.19. The van der Waals surface area contributed by atoms with Gasteiger partial charge in [-0.2, -0.15) is 0 Å². The second kappa shape index (κ2) is 6.80. The van der Waals surface area contributed by atoms with E-state index >= 15 is 0 Å². The summed E-state index contributed by atoms with van der Waals surface area (Å²) in [7, 11) is 0. The predicted octanol–water partition coefficient (Wildman–Crippen LogP) is 4.42. The lowest BCUT2D eigenvalue weighted by Crippen LogP contribution is -2.34. The lowest BCUT2D eigenvalue weighted by atomic mass is 9.95. The van der Waals surface area contributed by atoms with Crippen LogP contribution in [0.2, 0.25) is 0 Å². The molecule has 0 saturated carbocycles. The molecule has 0 spiro atoms. The van der Waals surface area contributed by atoms with E-state index in [4.69, 9.17) is 0 Å². The molecule has 1 atom stereocenters. The largest absolute Gasteiger partial charge is 0.307 e. The Labute approximate surface area is 134 Å². The molecule has 1 N–H and O–H groups in total. The molecule has 0 amide bonds. The van der Waals surface area contributed by atoms with Gasteiger partial charge in [0.15, 0.2) is 0 Å². The van der Waals surface area contributed by atoms with Gasteiger partial charge in [0, 0.05) is 34.9 Å². The summed E-state index contributed by atoms with van der Waals surface area (Å²) in [6.07, 6.45) is 1.37. The van der Waals surface area contributed by atoms with E-state index in [-0.39, 0.29) is 5.54 Å². The highest BCUT2D eigenvalue weighted by molar-refractivity contribution is 7.12. The van der Waals surface area contributed by atoms with Crippen molar-refractivity contribution in [1.82, 2.24) is 10.2 Å². The van der Waals surface area contributed by atoms with Crippen molar-refractivity contribution < 1.29 is 0 Å². The quantitative estimate of drug-likeness (QED) is 0.866. The van der Waals surface area contributed by atoms with Gasteiger partial charge in [-0.05, 0) is 64.1 Å². The molecular weight excluding hydrogens is 276 g/mol. The van der Waals surface area contributed by atoms with Crippen LogP contribution in [0.3, 0.4) is 0 Å². The van der Waals surface area contributed by atoms with Gasteiger partial charge in [0.05, 0.1) is 0 Å². The molecule has 1 unspecified atom stereocenters. The monoisotopic (exact) mass is 308 g/mol. The van der Waals surface area contributed by atoms with E-state index in [0.29, 0.717) is 0 Å². The van der Waals surface area contributed by atoms with Gasteiger partial charge in [0.2, 0.25) is 0 Å². The number of aryl methyl sites for hydroxylation is 1. The summed E-state index contributed by atoms with van der Waals surface area (Å²) in [6.45, 7) is 18.4. The molecule has 2 rings (SSSR count). The number of likely N-dealkylation sites (tertiary alicyclic amines) is 1. The Morgan fingerprint density at radius 2 is 2.10 bits per heavy atom. The molecule has 120 valence electrons. The van der Waals surface area contributed by atoms with Crippen LogP contribution in [-0.4, -0.2) is 23.5 Å². The van der Waals surface area contributed by atoms with Crippen molar-refractivity contribution in [2.75, 3.05) is 13.1 Å². The molecule has 2 heterocycles. The Morgan fingerprint density at radius 3 is 2.67 bits per heavy atom. The fraction of sp³-hybridized carbons (Fsp3) is 0.778. The molecule has 1 aliphatic heterocycles. The Bertz CT molecular complexity index is 456. The maximum Gasteiger partial charge on any atom is 0.0304 e. The Kier molecular flexibility index (Phi) is 5.50. The second-order valence-corrected chi connectivity index (χ2v) is 9.27. The summed E-state index contributed by atoms with van der Waals surface area (Å²) >= 11 is 1.96. The van der Waals surface area contributed by atoms with Gasteiger partial charge >= 0.3 is 0 Å². The molecule has 0 aliphatic carbocycles. The van der Waals surface area contributed by atoms with Crippen LogP contribution in [0.5, 0.6) is 0 Å². The number of thiophene rings is 1. The molecule has 1 aromatic rings. The second-order valence-electron chi connectivity index (χ2n) is 7.93. The lowest BCUT2D eigenvalue weighted by molar-refractivity contribution is 0.296. The fourth-order valence-electron chi connectivity index (χ4n) is 2.98. The third-order valence-corrected chi connectivity index (χ3v) is 5.60. The zero-order chi connectivity index (χ0) is 15.6. The first-order valence-corrected chi connectivity index (χ1v) is 9.12. The van der Waals surface area contributed by atoms with Gasteiger partial charge in [-0.15, -0.1) is 11.3 Å². The van der Waals surface area contributed by atoms with Crippen LogP contribution in [0, 0.1) is 18.8 Å². The topological polar surface area (TPSA) is 15.3 Å². The summed E-state index contributed by atoms with van der Waals surface area (Å²) in [5.74, 6) is 1.72. The van der Waals surface area contributed by atoms with Gasteiger partial charge in [0.1, 0.15) is 0 Å². The highest BCUT2D eigenvalue weighted by Crippen LogP contribution is 2.28. The Hall–Kier alpha value is -0.380. The smallest absolute Gasteiger partial charge is 0.0304 e. The van der Waals surface area contributed by atoms with Gasteiger partial charge < -0.3 is 5.32 Å². The third kappa shape index (κ3) is 5.08. The minimum Gasteiger partial charge on any atom is -0.307 e. The standard InChI is InChI=1S/C18H32N2S/c1-13(2)15-7-8-20(11-15)12-16-9-17(21-14(16)3)10-19-18(4,5)6/h9,13,15,19H,7-8,10-12H2,1-6H3. The van der Waals surface area contributed by atoms with Crippen LogP contribution in [0.15, 0.2) is 6.07 Å². The number of nitrogens with one attached hydrogen (secondary N) is 1. The molecule has 0 radical (unpaired) electrons. The predicted molar refractivity (Wildman–Crippen MR) is 93.9 cm³/mol. The fourth-order valence-corrected chi connectivity index (χ4v) is 3.97. The molecule has 0 aromatic carbocycles. The number of hydrogen-bond donors (Lipinski definition) is 1. The third-order valence-electron chi connectivity index (χ3n) is 4.51. The highest BCUT2D eigenvalue weighted by Gasteiger charge is 2.25. The van der Waals surface area contributed by atoms with E-state index in [0.717, 1.165) is 24.9 Å². The molecular formula is C18H32N2S. The maximum atomic E-state index is 3.59. The van der Waals surface area contributed by atoms with Crippen molar-refractivity contribution >= 4 is 11.3 Å². The van der Waals surface area contributed by atoms with E-state index in [1.807, 2.05) is 11.3 Å². The summed E-state index contributed by atoms with van der Waals surface area (Å²) in [6, 6.07) is 2.42. The summed E-state index contributed by atoms with van der Waals surface area (Å²) in [5.41, 5.74) is 1.73. The van der Waals surface area contributed by atoms with Crippen molar-refractivity contribution in [2.45, 2.75) is 66.6 Å². The first-order valence-electron chi connectivity index (χ1n) is 8.30. The van der Waals surface area contributed by atoms with Crippen molar-refractivity contribution in [1.29, 1.82) is 0 Å². The van der Waals surface area contributed by atoms with Crippen LogP contribution in [-0.2, 0) is 13.1 Å². The van der Waals surface area contributed by atoms with E-state index in [2.05, 4.69) is 57.8 Å². The van der Waals surface area contributed by atoms with Gasteiger partial charge in [-0.25, -0.2) is 0 Å². The van der Waals surface area contributed by atoms with Crippen molar-refractivity contribution in [2.24, 2.45) is 11.8 Å². The first kappa shape index (κ1) is 17.0. The Morgan fingerprint density at radius 1 is 1.38 bits per heavy atom. The number of rotatable bonds is 5. The van der Waals surface area contributed by atoms with Crippen LogP contribution in [0.4, 0.5) is 0 Å². The Balaban J connectivity index is 1.91. The molecule has 1 fully saturated rings. The van der Waals surface area contributed by atoms with Gasteiger partial charge in [-0.3, -0.25) is 4.90 Å². The van der Waals surface area contributed by atoms with Crippen LogP contribution in [0.1, 0.15) is 56.4 Å². The van der Waals surface area contributed by atoms with Crippen molar-refractivity contribution in [3.05, 3.63) is 21.4 Å². The molecule has 1 aliphatic rings. The van der Waals surface area contributed by atoms with E-state index in [9.17, 15) is 0 Å². The number of nitrogens with zero attached hydrogens (tertiary/aromatic N) is 1. The molecule has 21 heavy (non-hydrogen) atoms. The van der Waals surface area contributed by atoms with E-state index in [1.54, 1.807) is 0 Å². The van der Waals surface area contributed by atoms with Crippen LogP contribution < -0.4 is 5.32 Å². The first-order chi connectivity index (χ1) is 9.74. The normalized spacial score (nSPS) is 20.6. The highest BCUT2D eigenvalue weighted by atomic mass is 32.1. The van der Waals surface area contributed by atoms with Crippen molar-refractivity contribution in [3.63, 3.8) is 0 Å². The zero-order valence-corrected chi connectivity index (χ0v) is 15.4. The molecule has 2 nitrogen and oxygen atoms in total.